The number of aliphatic hydroxyl groups is 1. The molecule has 2 N–H and O–H groups in total. The van der Waals surface area contributed by atoms with Crippen LogP contribution in [0.3, 0.4) is 0 Å². The molecule has 2 aromatic rings. The van der Waals surface area contributed by atoms with Gasteiger partial charge in [0.15, 0.2) is 0 Å². The molecule has 5 nitrogen and oxygen atoms in total. The molecule has 0 aromatic heterocycles. The third-order valence-electron chi connectivity index (χ3n) is 5.93. The molecule has 6 heteroatoms. The van der Waals surface area contributed by atoms with E-state index in [1.165, 1.54) is 5.56 Å². The average Bonchev–Trinajstić information content (AvgIpc) is 2.77. The lowest BCUT2D eigenvalue weighted by Crippen LogP contribution is -2.45. The molecule has 0 radical (unpaired) electrons. The summed E-state index contributed by atoms with van der Waals surface area (Å²) in [5.41, 5.74) is 2.22. The molecule has 1 atom stereocenters. The van der Waals surface area contributed by atoms with E-state index < -0.39 is 5.60 Å². The van der Waals surface area contributed by atoms with Crippen LogP contribution in [0.2, 0.25) is 0 Å². The topological polar surface area (TPSA) is 64.9 Å². The predicted octanol–water partition coefficient (Wildman–Crippen LogP) is 4.11. The van der Waals surface area contributed by atoms with Gasteiger partial charge in [-0.25, -0.2) is 0 Å². The van der Waals surface area contributed by atoms with Crippen LogP contribution in [0, 0.1) is 16.4 Å². The highest BCUT2D eigenvalue weighted by atomic mass is 127. The molecule has 2 aliphatic heterocycles. The van der Waals surface area contributed by atoms with Crippen molar-refractivity contribution in [2.45, 2.75) is 25.4 Å². The van der Waals surface area contributed by atoms with Gasteiger partial charge >= 0.3 is 0 Å². The van der Waals surface area contributed by atoms with E-state index in [9.17, 15) is 9.90 Å². The number of anilines is 1. The Kier molecular flexibility index (Phi) is 6.24. The van der Waals surface area contributed by atoms with E-state index in [-0.39, 0.29) is 11.8 Å². The predicted molar refractivity (Wildman–Crippen MR) is 129 cm³/mol. The molecule has 1 saturated heterocycles. The number of hydrogen-bond donors (Lipinski definition) is 2. The highest BCUT2D eigenvalue weighted by molar-refractivity contribution is 14.1. The smallest absolute Gasteiger partial charge is 0.233 e. The second kappa shape index (κ2) is 8.89. The number of carbonyl (C=O) groups is 1. The first kappa shape index (κ1) is 21.1. The van der Waals surface area contributed by atoms with Crippen molar-refractivity contribution in [1.82, 2.24) is 4.90 Å². The minimum Gasteiger partial charge on any atom is -0.385 e. The number of nitrogens with zero attached hydrogens (tertiary/aromatic N) is 2. The molecule has 0 aliphatic carbocycles. The first-order chi connectivity index (χ1) is 14.4. The monoisotopic (exact) mass is 515 g/mol. The minimum atomic E-state index is -0.773. The lowest BCUT2D eigenvalue weighted by Gasteiger charge is -2.40. The normalized spacial score (nSPS) is 20.6. The second-order valence-electron chi connectivity index (χ2n) is 8.00. The van der Waals surface area contributed by atoms with Gasteiger partial charge in [0.1, 0.15) is 5.84 Å². The number of hydrogen-bond acceptors (Lipinski definition) is 4. The maximum Gasteiger partial charge on any atom is 0.233 e. The molecule has 1 fully saturated rings. The summed E-state index contributed by atoms with van der Waals surface area (Å²) in [6.07, 6.45) is 5.22. The molecule has 1 unspecified atom stereocenters. The molecule has 2 aliphatic rings. The van der Waals surface area contributed by atoms with Crippen molar-refractivity contribution in [3.8, 4) is 0 Å². The van der Waals surface area contributed by atoms with E-state index in [2.05, 4.69) is 44.7 Å². The Bertz CT molecular complexity index is 979. The molecule has 156 valence electrons. The maximum atomic E-state index is 12.6. The summed E-state index contributed by atoms with van der Waals surface area (Å²) >= 11 is 2.27. The fraction of sp³-hybridized carbons (Fsp3) is 0.333. The maximum absolute atomic E-state index is 12.6. The van der Waals surface area contributed by atoms with Crippen LogP contribution in [0.1, 0.15) is 24.0 Å². The van der Waals surface area contributed by atoms with E-state index in [0.29, 0.717) is 19.4 Å². The summed E-state index contributed by atoms with van der Waals surface area (Å²) in [6.45, 7) is 3.98. The molecule has 2 aromatic carbocycles. The molecule has 4 rings (SSSR count). The number of halogens is 1. The Balaban J connectivity index is 1.33. The van der Waals surface area contributed by atoms with E-state index in [1.54, 1.807) is 0 Å². The fourth-order valence-electron chi connectivity index (χ4n) is 3.93. The number of aryl methyl sites for hydroxylation is 1. The summed E-state index contributed by atoms with van der Waals surface area (Å²) in [6, 6.07) is 15.8. The van der Waals surface area contributed by atoms with E-state index >= 15 is 0 Å². The van der Waals surface area contributed by atoms with Gasteiger partial charge in [0.25, 0.3) is 0 Å². The Labute approximate surface area is 191 Å². The minimum absolute atomic E-state index is 0.0363. The van der Waals surface area contributed by atoms with Crippen LogP contribution >= 0.6 is 22.6 Å². The summed E-state index contributed by atoms with van der Waals surface area (Å²) in [4.78, 5) is 19.5. The number of benzene rings is 2. The standard InChI is InChI=1S/C24H26IN3O2/c1-17-7-9-20(15-21(17)25)27-23(29)18-8-10-22(26-16-18)28-13-11-24(30,12-14-28)19-5-3-2-4-6-19/h2-10,15,18,30H,11-14,16H2,1H3,(H,27,29). The molecule has 2 heterocycles. The van der Waals surface area contributed by atoms with Crippen molar-refractivity contribution in [2.75, 3.05) is 25.0 Å². The molecule has 30 heavy (non-hydrogen) atoms. The summed E-state index contributed by atoms with van der Waals surface area (Å²) in [5.74, 6) is 0.601. The SMILES string of the molecule is Cc1ccc(NC(=O)C2C=CC(N3CCC(O)(c4ccccc4)CC3)=NC2)cc1I. The Morgan fingerprint density at radius 3 is 2.57 bits per heavy atom. The number of piperidine rings is 1. The Morgan fingerprint density at radius 1 is 1.20 bits per heavy atom. The summed E-state index contributed by atoms with van der Waals surface area (Å²) in [5, 5.41) is 14.0. The molecule has 0 saturated carbocycles. The van der Waals surface area contributed by atoms with Gasteiger partial charge in [0.05, 0.1) is 18.1 Å². The third-order valence-corrected chi connectivity index (χ3v) is 7.09. The Morgan fingerprint density at radius 2 is 1.93 bits per heavy atom. The van der Waals surface area contributed by atoms with Crippen LogP contribution in [-0.4, -0.2) is 41.4 Å². The number of amidine groups is 1. The fourth-order valence-corrected chi connectivity index (χ4v) is 4.45. The quantitative estimate of drug-likeness (QED) is 0.606. The number of nitrogens with one attached hydrogen (secondary N) is 1. The van der Waals surface area contributed by atoms with Crippen LogP contribution in [-0.2, 0) is 10.4 Å². The van der Waals surface area contributed by atoms with Gasteiger partial charge in [-0.1, -0.05) is 42.5 Å². The second-order valence-corrected chi connectivity index (χ2v) is 9.16. The van der Waals surface area contributed by atoms with Crippen molar-refractivity contribution < 1.29 is 9.90 Å². The molecule has 0 spiro atoms. The van der Waals surface area contributed by atoms with Crippen molar-refractivity contribution >= 4 is 40.0 Å². The summed E-state index contributed by atoms with van der Waals surface area (Å²) < 4.78 is 1.13. The first-order valence-electron chi connectivity index (χ1n) is 10.3. The van der Waals surface area contributed by atoms with Crippen molar-refractivity contribution in [3.63, 3.8) is 0 Å². The lowest BCUT2D eigenvalue weighted by molar-refractivity contribution is -0.118. The van der Waals surface area contributed by atoms with E-state index in [0.717, 1.165) is 33.7 Å². The van der Waals surface area contributed by atoms with Gasteiger partial charge < -0.3 is 15.3 Å². The molecular weight excluding hydrogens is 489 g/mol. The zero-order chi connectivity index (χ0) is 21.1. The highest BCUT2D eigenvalue weighted by Gasteiger charge is 2.34. The highest BCUT2D eigenvalue weighted by Crippen LogP contribution is 2.33. The largest absolute Gasteiger partial charge is 0.385 e. The zero-order valence-corrected chi connectivity index (χ0v) is 19.2. The van der Waals surface area contributed by atoms with Gasteiger partial charge in [0.2, 0.25) is 5.91 Å². The van der Waals surface area contributed by atoms with Crippen LogP contribution in [0.4, 0.5) is 5.69 Å². The van der Waals surface area contributed by atoms with Crippen LogP contribution in [0.5, 0.6) is 0 Å². The molecular formula is C24H26IN3O2. The van der Waals surface area contributed by atoms with Crippen LogP contribution < -0.4 is 5.32 Å². The van der Waals surface area contributed by atoms with E-state index in [1.807, 2.05) is 60.7 Å². The third kappa shape index (κ3) is 4.59. The number of carbonyl (C=O) groups excluding carboxylic acids is 1. The lowest BCUT2D eigenvalue weighted by atomic mass is 9.84. The van der Waals surface area contributed by atoms with Gasteiger partial charge in [-0.15, -0.1) is 0 Å². The van der Waals surface area contributed by atoms with Crippen molar-refractivity contribution in [2.24, 2.45) is 10.9 Å². The number of likely N-dealkylation sites (tertiary alicyclic amines) is 1. The molecule has 0 bridgehead atoms. The van der Waals surface area contributed by atoms with Gasteiger partial charge in [0, 0.05) is 22.3 Å². The average molecular weight is 515 g/mol. The van der Waals surface area contributed by atoms with Crippen LogP contribution in [0.15, 0.2) is 65.7 Å². The number of rotatable bonds is 3. The number of dihydropyridines is 1. The van der Waals surface area contributed by atoms with Gasteiger partial charge in [-0.3, -0.25) is 9.79 Å². The van der Waals surface area contributed by atoms with Crippen molar-refractivity contribution in [3.05, 3.63) is 75.4 Å². The van der Waals surface area contributed by atoms with Gasteiger partial charge in [-0.05, 0) is 71.7 Å². The number of aliphatic imine (C=N–C) groups is 1. The van der Waals surface area contributed by atoms with Crippen molar-refractivity contribution in [1.29, 1.82) is 0 Å². The summed E-state index contributed by atoms with van der Waals surface area (Å²) in [7, 11) is 0. The Hall–Kier alpha value is -2.19. The first-order valence-corrected chi connectivity index (χ1v) is 11.3. The van der Waals surface area contributed by atoms with E-state index in [4.69, 9.17) is 0 Å². The zero-order valence-electron chi connectivity index (χ0n) is 17.0. The molecule has 1 amide bonds. The number of amides is 1. The van der Waals surface area contributed by atoms with Crippen LogP contribution in [0.25, 0.3) is 0 Å². The van der Waals surface area contributed by atoms with Gasteiger partial charge in [-0.2, -0.15) is 0 Å².